The van der Waals surface area contributed by atoms with Gasteiger partial charge in [-0.05, 0) is 65.0 Å². The van der Waals surface area contributed by atoms with Crippen molar-refractivity contribution in [3.05, 3.63) is 152 Å². The molecule has 0 aliphatic carbocycles. The minimum absolute atomic E-state index is 0.0117. The summed E-state index contributed by atoms with van der Waals surface area (Å²) in [6.07, 6.45) is 0. The molecule has 0 spiro atoms. The monoisotopic (exact) mass is 628 g/mol. The van der Waals surface area contributed by atoms with Crippen LogP contribution in [0.3, 0.4) is 0 Å². The van der Waals surface area contributed by atoms with Gasteiger partial charge in [0.1, 0.15) is 40.0 Å². The lowest BCUT2D eigenvalue weighted by molar-refractivity contribution is 0.465. The van der Waals surface area contributed by atoms with Crippen LogP contribution in [0.5, 0.6) is 23.0 Å². The van der Waals surface area contributed by atoms with Crippen LogP contribution in [0.4, 0.5) is 0 Å². The molecule has 11 rings (SSSR count). The van der Waals surface area contributed by atoms with Crippen LogP contribution in [0.25, 0.3) is 61.2 Å². The quantitative estimate of drug-likeness (QED) is 0.183. The minimum atomic E-state index is 0.0117. The zero-order chi connectivity index (χ0) is 32.1. The number of nitrogens with zero attached hydrogens (tertiary/aromatic N) is 2. The molecule has 5 nitrogen and oxygen atoms in total. The topological polar surface area (TPSA) is 49.4 Å². The zero-order valence-electron chi connectivity index (χ0n) is 26.1. The van der Waals surface area contributed by atoms with Crippen LogP contribution in [-0.2, 0) is 0 Å². The first kappa shape index (κ1) is 26.5. The smallest absolute Gasteiger partial charge is 0.260 e. The average molecular weight is 628 g/mol. The number of benzene rings is 7. The van der Waals surface area contributed by atoms with Crippen molar-refractivity contribution in [2.45, 2.75) is 0 Å². The zero-order valence-corrected chi connectivity index (χ0v) is 26.1. The Morgan fingerprint density at radius 1 is 0.551 bits per heavy atom. The van der Waals surface area contributed by atoms with Gasteiger partial charge in [0.15, 0.2) is 0 Å². The summed E-state index contributed by atoms with van der Waals surface area (Å²) in [5.41, 5.74) is 11.0. The summed E-state index contributed by atoms with van der Waals surface area (Å²) >= 11 is 0. The van der Waals surface area contributed by atoms with E-state index in [4.69, 9.17) is 18.9 Å². The van der Waals surface area contributed by atoms with E-state index in [0.29, 0.717) is 0 Å². The number of ether oxygens (including phenoxy) is 2. The molecule has 0 saturated heterocycles. The maximum absolute atomic E-state index is 6.66. The molecule has 0 atom stereocenters. The van der Waals surface area contributed by atoms with Crippen molar-refractivity contribution in [2.24, 2.45) is 0 Å². The second kappa shape index (κ2) is 9.99. The highest BCUT2D eigenvalue weighted by atomic mass is 16.5. The Morgan fingerprint density at radius 2 is 1.22 bits per heavy atom. The van der Waals surface area contributed by atoms with E-state index >= 15 is 0 Å². The fourth-order valence-electron chi connectivity index (χ4n) is 7.85. The molecule has 49 heavy (non-hydrogen) atoms. The number of fused-ring (bicyclic) bond motifs is 8. The van der Waals surface area contributed by atoms with Crippen LogP contribution in [0.2, 0.25) is 0 Å². The fourth-order valence-corrected chi connectivity index (χ4v) is 7.85. The summed E-state index contributed by atoms with van der Waals surface area (Å²) in [4.78, 5) is 5.27. The molecule has 9 aromatic rings. The molecule has 0 radical (unpaired) electrons. The molecule has 228 valence electrons. The first-order valence-corrected chi connectivity index (χ1v) is 16.5. The molecule has 7 aromatic carbocycles. The van der Waals surface area contributed by atoms with Gasteiger partial charge in [-0.1, -0.05) is 103 Å². The molecule has 2 aromatic heterocycles. The van der Waals surface area contributed by atoms with Crippen molar-refractivity contribution in [3.63, 3.8) is 0 Å². The molecule has 4 heterocycles. The highest BCUT2D eigenvalue weighted by molar-refractivity contribution is 6.98. The van der Waals surface area contributed by atoms with Gasteiger partial charge in [-0.15, -0.1) is 0 Å². The molecular formula is C43H25BN2O3. The van der Waals surface area contributed by atoms with Gasteiger partial charge in [0.25, 0.3) is 6.71 Å². The molecule has 0 saturated carbocycles. The van der Waals surface area contributed by atoms with Crippen LogP contribution in [0.1, 0.15) is 0 Å². The highest BCUT2D eigenvalue weighted by Gasteiger charge is 2.40. The number of rotatable bonds is 3. The molecule has 6 heteroatoms. The summed E-state index contributed by atoms with van der Waals surface area (Å²) in [6, 6.07) is 52.2. The van der Waals surface area contributed by atoms with Gasteiger partial charge in [-0.25, -0.2) is 4.98 Å². The van der Waals surface area contributed by atoms with Crippen LogP contribution in [0, 0.1) is 0 Å². The number of imidazole rings is 1. The van der Waals surface area contributed by atoms with E-state index in [1.807, 2.05) is 42.5 Å². The second-order valence-corrected chi connectivity index (χ2v) is 12.7. The van der Waals surface area contributed by atoms with Crippen LogP contribution < -0.4 is 25.9 Å². The number of para-hydroxylation sites is 5. The van der Waals surface area contributed by atoms with Gasteiger partial charge in [0.05, 0.1) is 22.1 Å². The number of hydrogen-bond donors (Lipinski definition) is 0. The van der Waals surface area contributed by atoms with Gasteiger partial charge >= 0.3 is 0 Å². The van der Waals surface area contributed by atoms with Gasteiger partial charge in [-0.3, -0.25) is 4.57 Å². The number of aromatic nitrogens is 2. The standard InChI is InChI=1S/C43H25BN2O3/c1-2-12-26(13-3-1)28-14-10-15-29-40-34(20-11-23-37(40)49-42(28)29)46-33-19-7-6-18-32(33)45-43(46)27-24-38-41-39(25-27)48-36-22-9-5-17-31(36)44(41)30-16-4-8-21-35(30)47-38/h1-25H. The van der Waals surface area contributed by atoms with Crippen molar-refractivity contribution >= 4 is 56.1 Å². The fraction of sp³-hybridized carbons (Fsp3) is 0. The van der Waals surface area contributed by atoms with Gasteiger partial charge in [-0.2, -0.15) is 0 Å². The van der Waals surface area contributed by atoms with Crippen molar-refractivity contribution in [3.8, 4) is 51.2 Å². The van der Waals surface area contributed by atoms with E-state index < -0.39 is 0 Å². The Morgan fingerprint density at radius 3 is 2.00 bits per heavy atom. The summed E-state index contributed by atoms with van der Waals surface area (Å²) in [5, 5.41) is 2.09. The molecule has 0 N–H and O–H groups in total. The number of furan rings is 1. The Balaban J connectivity index is 1.17. The highest BCUT2D eigenvalue weighted by Crippen LogP contribution is 2.43. The lowest BCUT2D eigenvalue weighted by atomic mass is 9.35. The van der Waals surface area contributed by atoms with E-state index in [2.05, 4.69) is 114 Å². The van der Waals surface area contributed by atoms with Crippen LogP contribution >= 0.6 is 0 Å². The third-order valence-corrected chi connectivity index (χ3v) is 9.94. The first-order chi connectivity index (χ1) is 24.3. The van der Waals surface area contributed by atoms with Gasteiger partial charge in [0, 0.05) is 22.0 Å². The minimum Gasteiger partial charge on any atom is -0.458 e. The Hall–Kier alpha value is -6.53. The summed E-state index contributed by atoms with van der Waals surface area (Å²) in [5.74, 6) is 4.07. The molecule has 0 fully saturated rings. The van der Waals surface area contributed by atoms with E-state index in [1.165, 1.54) is 0 Å². The Labute approximate surface area is 281 Å². The van der Waals surface area contributed by atoms with Crippen molar-refractivity contribution in [1.82, 2.24) is 9.55 Å². The summed E-state index contributed by atoms with van der Waals surface area (Å²) in [7, 11) is 0. The molecule has 0 bridgehead atoms. The molecule has 0 amide bonds. The average Bonchev–Trinajstić information content (AvgIpc) is 3.74. The first-order valence-electron chi connectivity index (χ1n) is 16.5. The predicted molar refractivity (Wildman–Crippen MR) is 197 cm³/mol. The van der Waals surface area contributed by atoms with E-state index in [9.17, 15) is 0 Å². The Kier molecular flexibility index (Phi) is 5.41. The van der Waals surface area contributed by atoms with E-state index in [0.717, 1.165) is 101 Å². The second-order valence-electron chi connectivity index (χ2n) is 12.7. The lowest BCUT2D eigenvalue weighted by Crippen LogP contribution is -2.57. The van der Waals surface area contributed by atoms with Crippen molar-refractivity contribution in [1.29, 1.82) is 0 Å². The third-order valence-electron chi connectivity index (χ3n) is 9.94. The Bertz CT molecular complexity index is 2730. The predicted octanol–water partition coefficient (Wildman–Crippen LogP) is 8.99. The van der Waals surface area contributed by atoms with Gasteiger partial charge in [0.2, 0.25) is 0 Å². The lowest BCUT2D eigenvalue weighted by Gasteiger charge is -2.33. The molecule has 2 aliphatic rings. The maximum atomic E-state index is 6.66. The van der Waals surface area contributed by atoms with E-state index in [-0.39, 0.29) is 6.71 Å². The van der Waals surface area contributed by atoms with Crippen LogP contribution in [-0.4, -0.2) is 16.3 Å². The molecule has 0 unspecified atom stereocenters. The van der Waals surface area contributed by atoms with Gasteiger partial charge < -0.3 is 13.9 Å². The van der Waals surface area contributed by atoms with Crippen molar-refractivity contribution < 1.29 is 13.9 Å². The van der Waals surface area contributed by atoms with Crippen LogP contribution in [0.15, 0.2) is 156 Å². The van der Waals surface area contributed by atoms with E-state index in [1.54, 1.807) is 0 Å². The molecular weight excluding hydrogens is 603 g/mol. The summed E-state index contributed by atoms with van der Waals surface area (Å²) < 4.78 is 22.2. The third kappa shape index (κ3) is 3.80. The SMILES string of the molecule is c1ccc(-c2cccc3c2oc2cccc(-n4c(-c5cc6c7c(c5)Oc5ccccc5B7c5ccccc5O6)nc5ccccc54)c23)cc1. The number of hydrogen-bond acceptors (Lipinski definition) is 4. The molecule has 2 aliphatic heterocycles. The largest absolute Gasteiger partial charge is 0.458 e. The van der Waals surface area contributed by atoms with Crippen molar-refractivity contribution in [2.75, 3.05) is 0 Å². The maximum Gasteiger partial charge on any atom is 0.260 e. The normalized spacial score (nSPS) is 12.8. The summed E-state index contributed by atoms with van der Waals surface area (Å²) in [6.45, 7) is 0.0117.